The maximum Gasteiger partial charge on any atom is 0.248 e. The summed E-state index contributed by atoms with van der Waals surface area (Å²) < 4.78 is 0. The molecule has 0 aromatic rings. The molecule has 1 heterocycles. The van der Waals surface area contributed by atoms with E-state index in [0.29, 0.717) is 12.3 Å². The highest BCUT2D eigenvalue weighted by molar-refractivity contribution is 5.81. The molecule has 1 saturated heterocycles. The molecular weight excluding hydrogens is 154 g/mol. The Balaban J connectivity index is 1.88. The number of amides is 1. The lowest BCUT2D eigenvalue weighted by Crippen LogP contribution is -2.54. The molecule has 3 heteroatoms. The first-order valence-electron chi connectivity index (χ1n) is 4.80. The number of hydrogen-bond donors (Lipinski definition) is 1. The Morgan fingerprint density at radius 2 is 1.92 bits per heavy atom. The van der Waals surface area contributed by atoms with Crippen LogP contribution in [0.5, 0.6) is 0 Å². The van der Waals surface area contributed by atoms with Crippen LogP contribution in [-0.4, -0.2) is 22.2 Å². The maximum atomic E-state index is 10.8. The predicted molar refractivity (Wildman–Crippen MR) is 43.6 cm³/mol. The number of hydroxylamine groups is 2. The van der Waals surface area contributed by atoms with Gasteiger partial charge in [0.2, 0.25) is 5.91 Å². The Morgan fingerprint density at radius 3 is 2.42 bits per heavy atom. The molecule has 0 spiro atoms. The van der Waals surface area contributed by atoms with E-state index in [2.05, 4.69) is 0 Å². The van der Waals surface area contributed by atoms with E-state index in [1.165, 1.54) is 32.1 Å². The van der Waals surface area contributed by atoms with Crippen molar-refractivity contribution in [3.05, 3.63) is 0 Å². The van der Waals surface area contributed by atoms with E-state index in [0.717, 1.165) is 5.06 Å². The minimum Gasteiger partial charge on any atom is -0.286 e. The smallest absolute Gasteiger partial charge is 0.248 e. The molecule has 1 atom stereocenters. The minimum atomic E-state index is -0.106. The Bertz CT molecular complexity index is 187. The minimum absolute atomic E-state index is 0.106. The van der Waals surface area contributed by atoms with Crippen LogP contribution in [0.4, 0.5) is 0 Å². The van der Waals surface area contributed by atoms with Crippen molar-refractivity contribution in [1.82, 2.24) is 5.06 Å². The third-order valence-corrected chi connectivity index (χ3v) is 3.15. The van der Waals surface area contributed by atoms with Gasteiger partial charge in [-0.15, -0.1) is 0 Å². The summed E-state index contributed by atoms with van der Waals surface area (Å²) in [6.07, 6.45) is 6.81. The molecular formula is C9H15NO2. The lowest BCUT2D eigenvalue weighted by atomic mass is 9.79. The summed E-state index contributed by atoms with van der Waals surface area (Å²) in [5.74, 6) is 0.465. The summed E-state index contributed by atoms with van der Waals surface area (Å²) in [6, 6.07) is 0.151. The fraction of sp³-hybridized carbons (Fsp3) is 0.889. The van der Waals surface area contributed by atoms with Crippen molar-refractivity contribution in [3.8, 4) is 0 Å². The van der Waals surface area contributed by atoms with Crippen LogP contribution >= 0.6 is 0 Å². The van der Waals surface area contributed by atoms with Crippen molar-refractivity contribution in [2.45, 2.75) is 44.6 Å². The van der Waals surface area contributed by atoms with Gasteiger partial charge in [0.05, 0.1) is 12.5 Å². The molecule has 1 aliphatic carbocycles. The first-order chi connectivity index (χ1) is 5.79. The molecule has 0 aromatic carbocycles. The maximum absolute atomic E-state index is 10.8. The van der Waals surface area contributed by atoms with Crippen LogP contribution in [-0.2, 0) is 4.79 Å². The van der Waals surface area contributed by atoms with Crippen LogP contribution in [0.1, 0.15) is 38.5 Å². The van der Waals surface area contributed by atoms with Crippen LogP contribution in [0, 0.1) is 5.92 Å². The highest BCUT2D eigenvalue weighted by atomic mass is 16.5. The Morgan fingerprint density at radius 1 is 1.25 bits per heavy atom. The van der Waals surface area contributed by atoms with Gasteiger partial charge in [0.1, 0.15) is 0 Å². The predicted octanol–water partition coefficient (Wildman–Crippen LogP) is 1.56. The van der Waals surface area contributed by atoms with Crippen LogP contribution in [0.2, 0.25) is 0 Å². The highest BCUT2D eigenvalue weighted by Crippen LogP contribution is 2.34. The third kappa shape index (κ3) is 1.22. The van der Waals surface area contributed by atoms with Crippen LogP contribution in [0.3, 0.4) is 0 Å². The highest BCUT2D eigenvalue weighted by Gasteiger charge is 2.40. The van der Waals surface area contributed by atoms with Crippen LogP contribution < -0.4 is 0 Å². The van der Waals surface area contributed by atoms with Gasteiger partial charge in [-0.05, 0) is 18.8 Å². The molecule has 0 radical (unpaired) electrons. The zero-order valence-corrected chi connectivity index (χ0v) is 7.20. The SMILES string of the molecule is O=C1CC(C2CCCCC2)N1O. The molecule has 1 aliphatic heterocycles. The number of carbonyl (C=O) groups excluding carboxylic acids is 1. The molecule has 1 amide bonds. The second-order valence-corrected chi connectivity index (χ2v) is 3.91. The summed E-state index contributed by atoms with van der Waals surface area (Å²) in [5, 5.41) is 10.2. The zero-order chi connectivity index (χ0) is 8.55. The number of β-lactam (4-membered cyclic amide) rings is 1. The molecule has 1 N–H and O–H groups in total. The van der Waals surface area contributed by atoms with Gasteiger partial charge in [0.25, 0.3) is 0 Å². The van der Waals surface area contributed by atoms with E-state index in [-0.39, 0.29) is 11.9 Å². The summed E-state index contributed by atoms with van der Waals surface area (Å²) >= 11 is 0. The first kappa shape index (κ1) is 8.05. The molecule has 1 unspecified atom stereocenters. The van der Waals surface area contributed by atoms with Crippen LogP contribution in [0.25, 0.3) is 0 Å². The lowest BCUT2D eigenvalue weighted by molar-refractivity contribution is -0.210. The number of nitrogens with zero attached hydrogens (tertiary/aromatic N) is 1. The molecule has 0 aromatic heterocycles. The number of hydrogen-bond acceptors (Lipinski definition) is 2. The van der Waals surface area contributed by atoms with Gasteiger partial charge in [0, 0.05) is 0 Å². The molecule has 12 heavy (non-hydrogen) atoms. The van der Waals surface area contributed by atoms with Gasteiger partial charge in [-0.2, -0.15) is 0 Å². The van der Waals surface area contributed by atoms with E-state index >= 15 is 0 Å². The van der Waals surface area contributed by atoms with Crippen molar-refractivity contribution in [2.75, 3.05) is 0 Å². The van der Waals surface area contributed by atoms with Crippen molar-refractivity contribution >= 4 is 5.91 Å². The molecule has 3 nitrogen and oxygen atoms in total. The molecule has 2 rings (SSSR count). The summed E-state index contributed by atoms with van der Waals surface area (Å²) in [5.41, 5.74) is 0. The Kier molecular flexibility index (Phi) is 2.05. The van der Waals surface area contributed by atoms with Gasteiger partial charge < -0.3 is 0 Å². The van der Waals surface area contributed by atoms with Crippen molar-refractivity contribution in [1.29, 1.82) is 0 Å². The van der Waals surface area contributed by atoms with Gasteiger partial charge >= 0.3 is 0 Å². The van der Waals surface area contributed by atoms with E-state index in [9.17, 15) is 10.0 Å². The van der Waals surface area contributed by atoms with Crippen molar-refractivity contribution < 1.29 is 10.0 Å². The monoisotopic (exact) mass is 169 g/mol. The molecule has 0 bridgehead atoms. The fourth-order valence-corrected chi connectivity index (χ4v) is 2.32. The summed E-state index contributed by atoms with van der Waals surface area (Å²) in [7, 11) is 0. The molecule has 2 fully saturated rings. The average Bonchev–Trinajstić information content (AvgIpc) is 2.15. The zero-order valence-electron chi connectivity index (χ0n) is 7.20. The standard InChI is InChI=1S/C9H15NO2/c11-9-6-8(10(9)12)7-4-2-1-3-5-7/h7-8,12H,1-6H2. The largest absolute Gasteiger partial charge is 0.286 e. The lowest BCUT2D eigenvalue weighted by Gasteiger charge is -2.41. The van der Waals surface area contributed by atoms with E-state index in [1.54, 1.807) is 0 Å². The Hall–Kier alpha value is -0.570. The average molecular weight is 169 g/mol. The molecule has 1 saturated carbocycles. The summed E-state index contributed by atoms with van der Waals surface area (Å²) in [6.45, 7) is 0. The molecule has 2 aliphatic rings. The number of carbonyl (C=O) groups is 1. The Labute approximate surface area is 72.3 Å². The van der Waals surface area contributed by atoms with Crippen molar-refractivity contribution in [2.24, 2.45) is 5.92 Å². The second kappa shape index (κ2) is 3.05. The quantitative estimate of drug-likeness (QED) is 0.478. The van der Waals surface area contributed by atoms with Gasteiger partial charge in [-0.1, -0.05) is 19.3 Å². The van der Waals surface area contributed by atoms with Gasteiger partial charge in [0.15, 0.2) is 0 Å². The fourth-order valence-electron chi connectivity index (χ4n) is 2.32. The third-order valence-electron chi connectivity index (χ3n) is 3.15. The molecule has 68 valence electrons. The van der Waals surface area contributed by atoms with E-state index < -0.39 is 0 Å². The first-order valence-corrected chi connectivity index (χ1v) is 4.80. The topological polar surface area (TPSA) is 40.5 Å². The van der Waals surface area contributed by atoms with E-state index in [1.807, 2.05) is 0 Å². The van der Waals surface area contributed by atoms with Crippen LogP contribution in [0.15, 0.2) is 0 Å². The van der Waals surface area contributed by atoms with Crippen molar-refractivity contribution in [3.63, 3.8) is 0 Å². The van der Waals surface area contributed by atoms with E-state index in [4.69, 9.17) is 0 Å². The van der Waals surface area contributed by atoms with Gasteiger partial charge in [-0.25, -0.2) is 5.06 Å². The number of rotatable bonds is 1. The summed E-state index contributed by atoms with van der Waals surface area (Å²) in [4.78, 5) is 10.8. The second-order valence-electron chi connectivity index (χ2n) is 3.91. The normalized spacial score (nSPS) is 31.9. The van der Waals surface area contributed by atoms with Gasteiger partial charge in [-0.3, -0.25) is 10.0 Å².